The number of aryl methyl sites for hydroxylation is 1. The average Bonchev–Trinajstić information content (AvgIpc) is 2.62. The van der Waals surface area contributed by atoms with Crippen molar-refractivity contribution in [1.82, 2.24) is 0 Å². The van der Waals surface area contributed by atoms with E-state index in [2.05, 4.69) is 10.6 Å². The molecule has 1 heterocycles. The van der Waals surface area contributed by atoms with Crippen LogP contribution in [0, 0.1) is 6.92 Å². The monoisotopic (exact) mass is 353 g/mol. The topological polar surface area (TPSA) is 87.7 Å². The highest BCUT2D eigenvalue weighted by Gasteiger charge is 2.42. The van der Waals surface area contributed by atoms with Crippen molar-refractivity contribution < 1.29 is 19.1 Å². The van der Waals surface area contributed by atoms with Gasteiger partial charge in [-0.3, -0.25) is 9.69 Å². The molecule has 0 spiro atoms. The van der Waals surface area contributed by atoms with Gasteiger partial charge >= 0.3 is 12.0 Å². The van der Waals surface area contributed by atoms with Crippen LogP contribution < -0.4 is 15.5 Å². The molecule has 0 saturated carbocycles. The highest BCUT2D eigenvalue weighted by molar-refractivity contribution is 6.22. The van der Waals surface area contributed by atoms with Gasteiger partial charge in [0.25, 0.3) is 5.91 Å². The standard InChI is InChI=1S/C19H19N3O4/c1-3-26-18(24)16-17(23)21-14-6-4-5-7-15(14)22(16)19(25)20-13-10-8-12(2)9-11-13/h4-11,16H,3H2,1-2H3,(H,20,25)(H,21,23). The third kappa shape index (κ3) is 3.37. The number of carbonyl (C=O) groups is 3. The molecule has 3 rings (SSSR count). The zero-order valence-corrected chi connectivity index (χ0v) is 14.5. The van der Waals surface area contributed by atoms with Crippen molar-refractivity contribution in [2.75, 3.05) is 22.1 Å². The molecule has 0 radical (unpaired) electrons. The number of carbonyl (C=O) groups excluding carboxylic acids is 3. The number of fused-ring (bicyclic) bond motifs is 1. The smallest absolute Gasteiger partial charge is 0.339 e. The summed E-state index contributed by atoms with van der Waals surface area (Å²) in [6.07, 6.45) is 0. The molecule has 2 aromatic rings. The number of para-hydroxylation sites is 2. The van der Waals surface area contributed by atoms with Gasteiger partial charge in [0.15, 0.2) is 0 Å². The number of hydrogen-bond acceptors (Lipinski definition) is 4. The summed E-state index contributed by atoms with van der Waals surface area (Å²) in [5.74, 6) is -1.39. The Morgan fingerprint density at radius 1 is 1.15 bits per heavy atom. The van der Waals surface area contributed by atoms with Crippen LogP contribution >= 0.6 is 0 Å². The quantitative estimate of drug-likeness (QED) is 0.656. The van der Waals surface area contributed by atoms with Gasteiger partial charge in [-0.2, -0.15) is 0 Å². The molecule has 0 bridgehead atoms. The van der Waals surface area contributed by atoms with Crippen LogP contribution in [0.1, 0.15) is 12.5 Å². The predicted molar refractivity (Wildman–Crippen MR) is 98.2 cm³/mol. The lowest BCUT2D eigenvalue weighted by Crippen LogP contribution is -2.56. The number of urea groups is 1. The number of rotatable bonds is 3. The normalized spacial score (nSPS) is 15.7. The van der Waals surface area contributed by atoms with Gasteiger partial charge in [0, 0.05) is 5.69 Å². The molecule has 7 heteroatoms. The molecule has 2 N–H and O–H groups in total. The minimum atomic E-state index is -1.39. The van der Waals surface area contributed by atoms with E-state index in [1.165, 1.54) is 0 Å². The van der Waals surface area contributed by atoms with Crippen molar-refractivity contribution >= 4 is 35.0 Å². The van der Waals surface area contributed by atoms with Crippen molar-refractivity contribution in [3.63, 3.8) is 0 Å². The second kappa shape index (κ2) is 7.26. The molecule has 7 nitrogen and oxygen atoms in total. The Morgan fingerprint density at radius 2 is 1.85 bits per heavy atom. The summed E-state index contributed by atoms with van der Waals surface area (Å²) in [7, 11) is 0. The molecular formula is C19H19N3O4. The Balaban J connectivity index is 1.97. The van der Waals surface area contributed by atoms with E-state index in [1.807, 2.05) is 19.1 Å². The van der Waals surface area contributed by atoms with Crippen LogP contribution in [0.2, 0.25) is 0 Å². The maximum Gasteiger partial charge on any atom is 0.339 e. The lowest BCUT2D eigenvalue weighted by Gasteiger charge is -2.34. The first-order chi connectivity index (χ1) is 12.5. The molecule has 0 fully saturated rings. The number of nitrogens with one attached hydrogen (secondary N) is 2. The maximum absolute atomic E-state index is 12.9. The molecule has 0 aliphatic carbocycles. The zero-order valence-electron chi connectivity index (χ0n) is 14.5. The fourth-order valence-electron chi connectivity index (χ4n) is 2.73. The summed E-state index contributed by atoms with van der Waals surface area (Å²) >= 11 is 0. The van der Waals surface area contributed by atoms with Crippen LogP contribution in [0.5, 0.6) is 0 Å². The molecular weight excluding hydrogens is 334 g/mol. The maximum atomic E-state index is 12.9. The highest BCUT2D eigenvalue weighted by atomic mass is 16.5. The van der Waals surface area contributed by atoms with Crippen LogP contribution in [0.3, 0.4) is 0 Å². The molecule has 1 aliphatic rings. The van der Waals surface area contributed by atoms with Gasteiger partial charge in [0.1, 0.15) is 0 Å². The van der Waals surface area contributed by atoms with E-state index < -0.39 is 23.9 Å². The molecule has 2 aromatic carbocycles. The van der Waals surface area contributed by atoms with E-state index in [0.29, 0.717) is 17.1 Å². The van der Waals surface area contributed by atoms with Gasteiger partial charge in [-0.25, -0.2) is 9.59 Å². The molecule has 1 unspecified atom stereocenters. The molecule has 1 atom stereocenters. The van der Waals surface area contributed by atoms with Crippen LogP contribution in [0.25, 0.3) is 0 Å². The number of esters is 1. The van der Waals surface area contributed by atoms with Crippen LogP contribution in [0.15, 0.2) is 48.5 Å². The Hall–Kier alpha value is -3.35. The number of hydrogen-bond donors (Lipinski definition) is 2. The van der Waals surface area contributed by atoms with E-state index in [4.69, 9.17) is 4.74 Å². The molecule has 134 valence electrons. The zero-order chi connectivity index (χ0) is 18.7. The van der Waals surface area contributed by atoms with Crippen molar-refractivity contribution in [1.29, 1.82) is 0 Å². The summed E-state index contributed by atoms with van der Waals surface area (Å²) in [5, 5.41) is 5.37. The third-order valence-electron chi connectivity index (χ3n) is 3.96. The van der Waals surface area contributed by atoms with E-state index in [0.717, 1.165) is 10.5 Å². The summed E-state index contributed by atoms with van der Waals surface area (Å²) in [4.78, 5) is 38.8. The first-order valence-corrected chi connectivity index (χ1v) is 8.24. The van der Waals surface area contributed by atoms with Gasteiger partial charge < -0.3 is 15.4 Å². The molecule has 0 aromatic heterocycles. The van der Waals surface area contributed by atoms with E-state index in [1.54, 1.807) is 43.3 Å². The summed E-state index contributed by atoms with van der Waals surface area (Å²) < 4.78 is 4.99. The Labute approximate surface area is 150 Å². The van der Waals surface area contributed by atoms with Gasteiger partial charge in [-0.1, -0.05) is 29.8 Å². The van der Waals surface area contributed by atoms with Crippen molar-refractivity contribution in [3.8, 4) is 0 Å². The lowest BCUT2D eigenvalue weighted by atomic mass is 10.1. The molecule has 3 amide bonds. The molecule has 26 heavy (non-hydrogen) atoms. The number of ether oxygens (including phenoxy) is 1. The molecule has 0 saturated heterocycles. The van der Waals surface area contributed by atoms with Gasteiger partial charge in [-0.15, -0.1) is 0 Å². The second-order valence-electron chi connectivity index (χ2n) is 5.83. The van der Waals surface area contributed by atoms with Gasteiger partial charge in [0.05, 0.1) is 18.0 Å². The largest absolute Gasteiger partial charge is 0.464 e. The second-order valence-corrected chi connectivity index (χ2v) is 5.83. The van der Waals surface area contributed by atoms with E-state index in [-0.39, 0.29) is 6.61 Å². The average molecular weight is 353 g/mol. The number of benzene rings is 2. The predicted octanol–water partition coefficient (Wildman–Crippen LogP) is 2.92. The minimum Gasteiger partial charge on any atom is -0.464 e. The number of nitrogens with zero attached hydrogens (tertiary/aromatic N) is 1. The van der Waals surface area contributed by atoms with Crippen molar-refractivity contribution in [2.24, 2.45) is 0 Å². The van der Waals surface area contributed by atoms with E-state index >= 15 is 0 Å². The van der Waals surface area contributed by atoms with Crippen molar-refractivity contribution in [3.05, 3.63) is 54.1 Å². The molecule has 1 aliphatic heterocycles. The first kappa shape index (κ1) is 17.5. The fraction of sp³-hybridized carbons (Fsp3) is 0.211. The van der Waals surface area contributed by atoms with Crippen molar-refractivity contribution in [2.45, 2.75) is 19.9 Å². The van der Waals surface area contributed by atoms with Crippen LogP contribution in [0.4, 0.5) is 21.9 Å². The summed E-state index contributed by atoms with van der Waals surface area (Å²) in [5.41, 5.74) is 2.49. The van der Waals surface area contributed by atoms with Gasteiger partial charge in [-0.05, 0) is 38.1 Å². The first-order valence-electron chi connectivity index (χ1n) is 8.24. The van der Waals surface area contributed by atoms with E-state index in [9.17, 15) is 14.4 Å². The SMILES string of the molecule is CCOC(=O)C1C(=O)Nc2ccccc2N1C(=O)Nc1ccc(C)cc1. The van der Waals surface area contributed by atoms with Gasteiger partial charge in [0.2, 0.25) is 6.04 Å². The Morgan fingerprint density at radius 3 is 2.54 bits per heavy atom. The summed E-state index contributed by atoms with van der Waals surface area (Å²) in [6, 6.07) is 12.0. The minimum absolute atomic E-state index is 0.109. The number of anilines is 3. The Kier molecular flexibility index (Phi) is 4.88. The highest BCUT2D eigenvalue weighted by Crippen LogP contribution is 2.32. The Bertz CT molecular complexity index is 848. The number of amides is 3. The fourth-order valence-corrected chi connectivity index (χ4v) is 2.73. The van der Waals surface area contributed by atoms with Crippen LogP contribution in [-0.4, -0.2) is 30.6 Å². The third-order valence-corrected chi connectivity index (χ3v) is 3.96. The summed E-state index contributed by atoms with van der Waals surface area (Å²) in [6.45, 7) is 3.69. The lowest BCUT2D eigenvalue weighted by molar-refractivity contribution is -0.147. The van der Waals surface area contributed by atoms with Crippen LogP contribution in [-0.2, 0) is 14.3 Å².